The Balaban J connectivity index is 0.00000288. The van der Waals surface area contributed by atoms with Crippen LogP contribution < -0.4 is 10.1 Å². The van der Waals surface area contributed by atoms with Crippen molar-refractivity contribution in [3.63, 3.8) is 0 Å². The molecule has 0 radical (unpaired) electrons. The summed E-state index contributed by atoms with van der Waals surface area (Å²) in [6.45, 7) is 9.56. The lowest BCUT2D eigenvalue weighted by Gasteiger charge is -2.32. The first-order valence-electron chi connectivity index (χ1n) is 8.79. The maximum atomic E-state index is 5.68. The van der Waals surface area contributed by atoms with Gasteiger partial charge in [-0.1, -0.05) is 19.1 Å². The van der Waals surface area contributed by atoms with E-state index in [-0.39, 0.29) is 30.1 Å². The molecule has 0 amide bonds. The fourth-order valence-electron chi connectivity index (χ4n) is 2.88. The van der Waals surface area contributed by atoms with Gasteiger partial charge in [-0.15, -0.1) is 24.0 Å². The molecule has 2 rings (SSSR count). The van der Waals surface area contributed by atoms with Crippen LogP contribution in [0.1, 0.15) is 39.2 Å². The van der Waals surface area contributed by atoms with E-state index in [1.54, 1.807) is 0 Å². The molecule has 0 aliphatic carbocycles. The Bertz CT molecular complexity index is 494. The molecule has 5 heteroatoms. The van der Waals surface area contributed by atoms with Crippen LogP contribution in [-0.2, 0) is 6.42 Å². The average molecular weight is 445 g/mol. The SMILES string of the molecule is CN=C(NCCc1ccc(OC(C)C)cc1)N1CCC(C)CC1.I. The van der Waals surface area contributed by atoms with Gasteiger partial charge in [-0.2, -0.15) is 0 Å². The van der Waals surface area contributed by atoms with Crippen molar-refractivity contribution in [3.8, 4) is 5.75 Å². The molecule has 1 aliphatic rings. The quantitative estimate of drug-likeness (QED) is 0.424. The third kappa shape index (κ3) is 6.87. The Morgan fingerprint density at radius 1 is 1.25 bits per heavy atom. The maximum absolute atomic E-state index is 5.68. The molecule has 4 nitrogen and oxygen atoms in total. The molecular weight excluding hydrogens is 413 g/mol. The lowest BCUT2D eigenvalue weighted by Crippen LogP contribution is -2.45. The van der Waals surface area contributed by atoms with Gasteiger partial charge in [0.1, 0.15) is 5.75 Å². The zero-order valence-electron chi connectivity index (χ0n) is 15.4. The van der Waals surface area contributed by atoms with Gasteiger partial charge in [0.15, 0.2) is 5.96 Å². The normalized spacial score (nSPS) is 16.0. The highest BCUT2D eigenvalue weighted by molar-refractivity contribution is 14.0. The van der Waals surface area contributed by atoms with Crippen molar-refractivity contribution in [2.24, 2.45) is 10.9 Å². The fourth-order valence-corrected chi connectivity index (χ4v) is 2.88. The number of hydrogen-bond acceptors (Lipinski definition) is 2. The molecule has 0 unspecified atom stereocenters. The maximum Gasteiger partial charge on any atom is 0.193 e. The van der Waals surface area contributed by atoms with Crippen LogP contribution in [-0.4, -0.2) is 43.6 Å². The van der Waals surface area contributed by atoms with E-state index in [2.05, 4.69) is 46.4 Å². The number of rotatable bonds is 5. The molecule has 0 spiro atoms. The molecule has 0 atom stereocenters. The van der Waals surface area contributed by atoms with Gasteiger partial charge in [-0.25, -0.2) is 0 Å². The van der Waals surface area contributed by atoms with Crippen molar-refractivity contribution in [1.29, 1.82) is 0 Å². The number of nitrogens with one attached hydrogen (secondary N) is 1. The molecule has 1 aromatic carbocycles. The number of likely N-dealkylation sites (tertiary alicyclic amines) is 1. The van der Waals surface area contributed by atoms with Crippen LogP contribution in [0.15, 0.2) is 29.3 Å². The summed E-state index contributed by atoms with van der Waals surface area (Å²) in [4.78, 5) is 6.80. The van der Waals surface area contributed by atoms with E-state index in [0.717, 1.165) is 43.7 Å². The lowest BCUT2D eigenvalue weighted by atomic mass is 10.00. The second kappa shape index (κ2) is 10.8. The third-order valence-corrected chi connectivity index (χ3v) is 4.29. The first kappa shape index (κ1) is 21.1. The van der Waals surface area contributed by atoms with E-state index in [1.807, 2.05) is 20.9 Å². The van der Waals surface area contributed by atoms with Crippen molar-refractivity contribution >= 4 is 29.9 Å². The largest absolute Gasteiger partial charge is 0.491 e. The van der Waals surface area contributed by atoms with Crippen molar-refractivity contribution in [1.82, 2.24) is 10.2 Å². The van der Waals surface area contributed by atoms with Crippen molar-refractivity contribution in [2.45, 2.75) is 46.1 Å². The minimum absolute atomic E-state index is 0. The summed E-state index contributed by atoms with van der Waals surface area (Å²) in [5, 5.41) is 3.49. The van der Waals surface area contributed by atoms with Crippen LogP contribution >= 0.6 is 24.0 Å². The second-order valence-electron chi connectivity index (χ2n) is 6.70. The summed E-state index contributed by atoms with van der Waals surface area (Å²) < 4.78 is 5.68. The number of aliphatic imine (C=N–C) groups is 1. The number of nitrogens with zero attached hydrogens (tertiary/aromatic N) is 2. The summed E-state index contributed by atoms with van der Waals surface area (Å²) in [6.07, 6.45) is 3.74. The zero-order valence-corrected chi connectivity index (χ0v) is 17.7. The van der Waals surface area contributed by atoms with Crippen LogP contribution in [0, 0.1) is 5.92 Å². The topological polar surface area (TPSA) is 36.9 Å². The zero-order chi connectivity index (χ0) is 16.7. The number of halogens is 1. The summed E-state index contributed by atoms with van der Waals surface area (Å²) >= 11 is 0. The Morgan fingerprint density at radius 2 is 1.88 bits per heavy atom. The van der Waals surface area contributed by atoms with E-state index in [4.69, 9.17) is 4.74 Å². The molecule has 136 valence electrons. The number of ether oxygens (including phenoxy) is 1. The third-order valence-electron chi connectivity index (χ3n) is 4.29. The highest BCUT2D eigenvalue weighted by Gasteiger charge is 2.18. The number of hydrogen-bond donors (Lipinski definition) is 1. The summed E-state index contributed by atoms with van der Waals surface area (Å²) in [6, 6.07) is 8.39. The Morgan fingerprint density at radius 3 is 2.42 bits per heavy atom. The number of guanidine groups is 1. The van der Waals surface area contributed by atoms with Crippen LogP contribution in [0.25, 0.3) is 0 Å². The molecule has 0 aromatic heterocycles. The van der Waals surface area contributed by atoms with Crippen LogP contribution in [0.5, 0.6) is 5.75 Å². The summed E-state index contributed by atoms with van der Waals surface area (Å²) in [5.41, 5.74) is 1.32. The highest BCUT2D eigenvalue weighted by Crippen LogP contribution is 2.16. The van der Waals surface area contributed by atoms with Gasteiger partial charge in [0.25, 0.3) is 0 Å². The van der Waals surface area contributed by atoms with Crippen LogP contribution in [0.2, 0.25) is 0 Å². The Hall–Kier alpha value is -0.980. The first-order valence-corrected chi connectivity index (χ1v) is 8.79. The van der Waals surface area contributed by atoms with Crippen LogP contribution in [0.4, 0.5) is 0 Å². The molecule has 1 heterocycles. The number of piperidine rings is 1. The molecule has 1 N–H and O–H groups in total. The average Bonchev–Trinajstić information content (AvgIpc) is 2.54. The van der Waals surface area contributed by atoms with E-state index in [9.17, 15) is 0 Å². The van der Waals surface area contributed by atoms with E-state index in [1.165, 1.54) is 18.4 Å². The van der Waals surface area contributed by atoms with Gasteiger partial charge < -0.3 is 15.0 Å². The van der Waals surface area contributed by atoms with Gasteiger partial charge in [-0.3, -0.25) is 4.99 Å². The first-order chi connectivity index (χ1) is 11.1. The minimum atomic E-state index is 0. The van der Waals surface area contributed by atoms with E-state index < -0.39 is 0 Å². The Kier molecular flexibility index (Phi) is 9.48. The second-order valence-corrected chi connectivity index (χ2v) is 6.70. The van der Waals surface area contributed by atoms with E-state index >= 15 is 0 Å². The number of benzene rings is 1. The lowest BCUT2D eigenvalue weighted by molar-refractivity contribution is 0.242. The predicted molar refractivity (Wildman–Crippen MR) is 113 cm³/mol. The fraction of sp³-hybridized carbons (Fsp3) is 0.632. The predicted octanol–water partition coefficient (Wildman–Crippen LogP) is 3.94. The molecule has 0 bridgehead atoms. The van der Waals surface area contributed by atoms with Crippen molar-refractivity contribution < 1.29 is 4.74 Å². The summed E-state index contributed by atoms with van der Waals surface area (Å²) in [7, 11) is 1.87. The van der Waals surface area contributed by atoms with Crippen molar-refractivity contribution in [2.75, 3.05) is 26.7 Å². The molecular formula is C19H32IN3O. The molecule has 0 saturated carbocycles. The van der Waals surface area contributed by atoms with Crippen molar-refractivity contribution in [3.05, 3.63) is 29.8 Å². The highest BCUT2D eigenvalue weighted by atomic mass is 127. The van der Waals surface area contributed by atoms with E-state index in [0.29, 0.717) is 0 Å². The van der Waals surface area contributed by atoms with Gasteiger partial charge in [0.2, 0.25) is 0 Å². The van der Waals surface area contributed by atoms with Gasteiger partial charge in [0.05, 0.1) is 6.10 Å². The standard InChI is InChI=1S/C19H31N3O.HI/c1-15(2)23-18-7-5-17(6-8-18)9-12-21-19(20-4)22-13-10-16(3)11-14-22;/h5-8,15-16H,9-14H2,1-4H3,(H,20,21);1H. The summed E-state index contributed by atoms with van der Waals surface area (Å²) in [5.74, 6) is 2.82. The smallest absolute Gasteiger partial charge is 0.193 e. The molecule has 1 saturated heterocycles. The van der Waals surface area contributed by atoms with Crippen LogP contribution in [0.3, 0.4) is 0 Å². The van der Waals surface area contributed by atoms with Gasteiger partial charge >= 0.3 is 0 Å². The minimum Gasteiger partial charge on any atom is -0.491 e. The Labute approximate surface area is 164 Å². The molecule has 24 heavy (non-hydrogen) atoms. The molecule has 1 fully saturated rings. The molecule has 1 aromatic rings. The van der Waals surface area contributed by atoms with Gasteiger partial charge in [-0.05, 0) is 56.7 Å². The molecule has 1 aliphatic heterocycles. The van der Waals surface area contributed by atoms with Gasteiger partial charge in [0, 0.05) is 26.7 Å². The monoisotopic (exact) mass is 445 g/mol.